The lowest BCUT2D eigenvalue weighted by Crippen LogP contribution is -2.52. The van der Waals surface area contributed by atoms with Crippen LogP contribution in [0.2, 0.25) is 0 Å². The summed E-state index contributed by atoms with van der Waals surface area (Å²) in [7, 11) is -4.33. The smallest absolute Gasteiger partial charge is 0.463 e. The molecule has 11 nitrogen and oxygen atoms in total. The highest BCUT2D eigenvalue weighted by molar-refractivity contribution is 7.48. The summed E-state index contributed by atoms with van der Waals surface area (Å²) in [5, 5.41) is 9.94. The van der Waals surface area contributed by atoms with Crippen molar-refractivity contribution in [3.05, 3.63) is 12.3 Å². The number of amidine groups is 1. The molecule has 2 saturated heterocycles. The van der Waals surface area contributed by atoms with Crippen LogP contribution in [0.4, 0.5) is 8.78 Å². The summed E-state index contributed by atoms with van der Waals surface area (Å²) >= 11 is 0. The Hall–Kier alpha value is -1.63. The van der Waals surface area contributed by atoms with E-state index in [9.17, 15) is 14.5 Å². The number of esters is 1. The molecule has 0 aromatic carbocycles. The monoisotopic (exact) mass is 469 g/mol. The van der Waals surface area contributed by atoms with Gasteiger partial charge in [-0.2, -0.15) is 8.78 Å². The quantitative estimate of drug-likeness (QED) is 0.414. The number of aliphatic hydroxyl groups is 1. The Morgan fingerprint density at radius 2 is 2.19 bits per heavy atom. The molecule has 0 saturated carbocycles. The number of hydrogen-bond donors (Lipinski definition) is 2. The number of nitrogens with zero attached hydrogens (tertiary/aromatic N) is 2. The molecule has 0 radical (unpaired) electrons. The molecule has 6 atom stereocenters. The number of hydrogen-bond acceptors (Lipinski definition) is 11. The summed E-state index contributed by atoms with van der Waals surface area (Å²) in [5.74, 6) is -4.74. The summed E-state index contributed by atoms with van der Waals surface area (Å²) in [4.78, 5) is 16.2. The minimum Gasteiger partial charge on any atom is -0.463 e. The number of phosphoric ester groups is 1. The maximum Gasteiger partial charge on any atom is 0.475 e. The molecule has 1 unspecified atom stereocenters. The number of fused-ring (bicyclic) bond motifs is 1. The number of ether oxygens (including phenoxy) is 2. The second kappa shape index (κ2) is 9.08. The Balaban J connectivity index is 1.60. The lowest BCUT2D eigenvalue weighted by Gasteiger charge is -2.35. The molecular formula is C17H26F2N3O8P. The number of alkyl halides is 2. The summed E-state index contributed by atoms with van der Waals surface area (Å²) in [6, 6.07) is 0. The Bertz CT molecular complexity index is 795. The van der Waals surface area contributed by atoms with Gasteiger partial charge in [0.05, 0.1) is 25.2 Å². The van der Waals surface area contributed by atoms with Crippen LogP contribution >= 0.6 is 7.82 Å². The van der Waals surface area contributed by atoms with Gasteiger partial charge in [-0.3, -0.25) is 18.4 Å². The van der Waals surface area contributed by atoms with E-state index in [2.05, 4.69) is 4.99 Å². The van der Waals surface area contributed by atoms with Gasteiger partial charge in [-0.05, 0) is 26.3 Å². The number of carbonyl (C=O) groups excluding carboxylic acids is 1. The van der Waals surface area contributed by atoms with Crippen molar-refractivity contribution in [1.82, 2.24) is 4.90 Å². The number of nitrogens with two attached hydrogens (primary N) is 1. The molecule has 31 heavy (non-hydrogen) atoms. The third-order valence-corrected chi connectivity index (χ3v) is 6.21. The van der Waals surface area contributed by atoms with Gasteiger partial charge in [0, 0.05) is 6.20 Å². The maximum absolute atomic E-state index is 15.0. The van der Waals surface area contributed by atoms with Crippen molar-refractivity contribution in [3.63, 3.8) is 0 Å². The van der Waals surface area contributed by atoms with Crippen molar-refractivity contribution in [1.29, 1.82) is 0 Å². The Labute approximate surface area is 177 Å². The van der Waals surface area contributed by atoms with Crippen LogP contribution in [-0.4, -0.2) is 71.8 Å². The first kappa shape index (κ1) is 24.0. The fraction of sp³-hybridized carbons (Fsp3) is 0.765. The number of carbonyl (C=O) groups is 1. The van der Waals surface area contributed by atoms with Crippen LogP contribution in [0.3, 0.4) is 0 Å². The summed E-state index contributed by atoms with van der Waals surface area (Å²) in [5.41, 5.74) is 5.44. The predicted molar refractivity (Wildman–Crippen MR) is 102 cm³/mol. The first-order valence-electron chi connectivity index (χ1n) is 9.71. The van der Waals surface area contributed by atoms with Gasteiger partial charge in [0.2, 0.25) is 12.6 Å². The zero-order valence-corrected chi connectivity index (χ0v) is 18.1. The molecule has 0 spiro atoms. The van der Waals surface area contributed by atoms with E-state index in [4.69, 9.17) is 28.8 Å². The van der Waals surface area contributed by atoms with Crippen molar-refractivity contribution in [3.8, 4) is 0 Å². The fourth-order valence-electron chi connectivity index (χ4n) is 3.14. The molecule has 3 rings (SSSR count). The molecule has 3 aliphatic rings. The number of rotatable bonds is 7. The molecule has 14 heteroatoms. The highest BCUT2D eigenvalue weighted by atomic mass is 31.2. The van der Waals surface area contributed by atoms with Crippen LogP contribution in [0.5, 0.6) is 0 Å². The minimum atomic E-state index is -4.33. The maximum atomic E-state index is 15.0. The van der Waals surface area contributed by atoms with Crippen LogP contribution < -0.4 is 5.73 Å². The van der Waals surface area contributed by atoms with Gasteiger partial charge in [-0.1, -0.05) is 6.92 Å². The predicted octanol–water partition coefficient (Wildman–Crippen LogP) is 1.33. The van der Waals surface area contributed by atoms with Crippen molar-refractivity contribution in [2.45, 2.75) is 64.0 Å². The minimum absolute atomic E-state index is 0.0357. The number of halogens is 2. The van der Waals surface area contributed by atoms with E-state index in [1.54, 1.807) is 20.8 Å². The topological polar surface area (TPSA) is 142 Å². The second-order valence-electron chi connectivity index (χ2n) is 7.64. The fourth-order valence-corrected chi connectivity index (χ4v) is 4.55. The molecular weight excluding hydrogens is 443 g/mol. The van der Waals surface area contributed by atoms with Gasteiger partial charge in [0.15, 0.2) is 6.10 Å². The Kier molecular flexibility index (Phi) is 7.04. The van der Waals surface area contributed by atoms with Crippen LogP contribution in [0.1, 0.15) is 27.2 Å². The Morgan fingerprint density at radius 1 is 1.48 bits per heavy atom. The van der Waals surface area contributed by atoms with E-state index in [0.29, 0.717) is 0 Å². The van der Waals surface area contributed by atoms with E-state index in [1.165, 1.54) is 6.08 Å². The molecule has 2 fully saturated rings. The molecule has 0 aliphatic carbocycles. The Morgan fingerprint density at radius 3 is 2.84 bits per heavy atom. The highest BCUT2D eigenvalue weighted by Gasteiger charge is 2.66. The number of aliphatic hydroxyl groups excluding tert-OH is 1. The first-order valence-corrected chi connectivity index (χ1v) is 11.2. The zero-order chi connectivity index (χ0) is 23.0. The second-order valence-corrected chi connectivity index (χ2v) is 9.26. The molecule has 0 bridgehead atoms. The van der Waals surface area contributed by atoms with Gasteiger partial charge < -0.3 is 25.2 Å². The standard InChI is InChI=1S/C17H26F2N3O8P/c1-9(2)28-14(23)10(3)5-7-26-31(25)27-8-11-13(30-31)17(18,19)15(29-11)22-6-4-12(20)21-16(22)24/h4,6,9-11,13,15-16,24H,5,7-8H2,1-3H3,(H2,20,21)/t10-,11-,13-,15-,16?,31+/m1/s1. The van der Waals surface area contributed by atoms with Crippen LogP contribution in [0.25, 0.3) is 0 Å². The number of phosphoric acid groups is 1. The molecule has 3 N–H and O–H groups in total. The van der Waals surface area contributed by atoms with Gasteiger partial charge in [-0.25, -0.2) is 9.56 Å². The van der Waals surface area contributed by atoms with Gasteiger partial charge in [0.1, 0.15) is 11.9 Å². The van der Waals surface area contributed by atoms with E-state index < -0.39 is 57.0 Å². The van der Waals surface area contributed by atoms with Crippen molar-refractivity contribution in [2.75, 3.05) is 13.2 Å². The summed E-state index contributed by atoms with van der Waals surface area (Å²) in [6.07, 6.45) is -4.65. The van der Waals surface area contributed by atoms with E-state index >= 15 is 8.78 Å². The van der Waals surface area contributed by atoms with E-state index in [-0.39, 0.29) is 25.0 Å². The molecule has 3 heterocycles. The van der Waals surface area contributed by atoms with Crippen molar-refractivity contribution < 1.29 is 46.3 Å². The molecule has 3 aliphatic heterocycles. The SMILES string of the molecule is CC(C)OC(=O)[C@H](C)CCO[P@@]1(=O)OC[C@H]2O[C@@H](N3C=CC(N)=NC3O)C(F)(F)[C@@H]2O1. The third-order valence-electron chi connectivity index (χ3n) is 4.76. The van der Waals surface area contributed by atoms with Crippen LogP contribution in [0.15, 0.2) is 17.3 Å². The lowest BCUT2D eigenvalue weighted by molar-refractivity contribution is -0.183. The first-order chi connectivity index (χ1) is 14.4. The third kappa shape index (κ3) is 5.24. The van der Waals surface area contributed by atoms with Crippen LogP contribution in [0, 0.1) is 5.92 Å². The molecule has 0 aromatic heterocycles. The normalized spacial score (nSPS) is 35.6. The van der Waals surface area contributed by atoms with Crippen molar-refractivity contribution in [2.24, 2.45) is 16.6 Å². The van der Waals surface area contributed by atoms with Gasteiger partial charge in [-0.15, -0.1) is 0 Å². The van der Waals surface area contributed by atoms with E-state index in [1.807, 2.05) is 0 Å². The zero-order valence-electron chi connectivity index (χ0n) is 17.2. The summed E-state index contributed by atoms with van der Waals surface area (Å²) in [6.45, 7) is 4.30. The lowest BCUT2D eigenvalue weighted by atomic mass is 10.1. The summed E-state index contributed by atoms with van der Waals surface area (Å²) < 4.78 is 68.3. The molecule has 176 valence electrons. The average Bonchev–Trinajstić information content (AvgIpc) is 2.91. The number of aliphatic imine (C=N–C) groups is 1. The van der Waals surface area contributed by atoms with Crippen molar-refractivity contribution >= 4 is 19.6 Å². The molecule has 0 aromatic rings. The van der Waals surface area contributed by atoms with Crippen LogP contribution in [-0.2, 0) is 32.4 Å². The largest absolute Gasteiger partial charge is 0.475 e. The molecule has 0 amide bonds. The van der Waals surface area contributed by atoms with Gasteiger partial charge in [0.25, 0.3) is 0 Å². The van der Waals surface area contributed by atoms with Gasteiger partial charge >= 0.3 is 19.7 Å². The van der Waals surface area contributed by atoms with E-state index in [0.717, 1.165) is 11.1 Å². The highest BCUT2D eigenvalue weighted by Crippen LogP contribution is 2.59. The average molecular weight is 469 g/mol.